The topological polar surface area (TPSA) is 85.8 Å². The van der Waals surface area contributed by atoms with Crippen molar-refractivity contribution in [3.05, 3.63) is 36.0 Å². The van der Waals surface area contributed by atoms with Crippen molar-refractivity contribution in [2.24, 2.45) is 7.05 Å². The molecule has 0 aliphatic heterocycles. The Balaban J connectivity index is 1.77. The number of anilines is 1. The van der Waals surface area contributed by atoms with Crippen LogP contribution in [0.4, 0.5) is 5.13 Å². The number of amides is 1. The average molecular weight is 317 g/mol. The molecule has 114 valence electrons. The minimum absolute atomic E-state index is 0.208. The molecule has 0 saturated carbocycles. The monoisotopic (exact) mass is 317 g/mol. The highest BCUT2D eigenvalue weighted by Gasteiger charge is 2.19. The van der Waals surface area contributed by atoms with E-state index in [0.29, 0.717) is 16.7 Å². The summed E-state index contributed by atoms with van der Waals surface area (Å²) in [5.74, 6) is 0.743. The molecule has 0 radical (unpaired) electrons. The summed E-state index contributed by atoms with van der Waals surface area (Å²) >= 11 is 1.12. The molecule has 1 amide bonds. The van der Waals surface area contributed by atoms with Crippen molar-refractivity contribution in [3.63, 3.8) is 0 Å². The number of aromatic nitrogens is 4. The molecule has 3 aromatic heterocycles. The Morgan fingerprint density at radius 1 is 1.45 bits per heavy atom. The molecule has 7 nitrogen and oxygen atoms in total. The van der Waals surface area contributed by atoms with Gasteiger partial charge in [-0.1, -0.05) is 13.8 Å². The van der Waals surface area contributed by atoms with Crippen LogP contribution in [0.1, 0.15) is 35.9 Å². The SMILES string of the molecule is CC(C)c1ccoc1C(=O)Nc1nc(-c2cnn(C)c2)ns1. The number of aryl methyl sites for hydroxylation is 1. The van der Waals surface area contributed by atoms with Gasteiger partial charge in [-0.15, -0.1) is 0 Å². The molecule has 22 heavy (non-hydrogen) atoms. The minimum atomic E-state index is -0.317. The molecule has 0 aliphatic carbocycles. The van der Waals surface area contributed by atoms with Crippen LogP contribution < -0.4 is 5.32 Å². The first-order valence-electron chi connectivity index (χ1n) is 6.76. The Hall–Kier alpha value is -2.48. The highest BCUT2D eigenvalue weighted by molar-refractivity contribution is 7.10. The van der Waals surface area contributed by atoms with Gasteiger partial charge in [0.25, 0.3) is 5.91 Å². The van der Waals surface area contributed by atoms with E-state index >= 15 is 0 Å². The third kappa shape index (κ3) is 2.77. The lowest BCUT2D eigenvalue weighted by Crippen LogP contribution is -2.13. The van der Waals surface area contributed by atoms with E-state index in [9.17, 15) is 4.79 Å². The summed E-state index contributed by atoms with van der Waals surface area (Å²) in [6.45, 7) is 4.01. The minimum Gasteiger partial charge on any atom is -0.459 e. The fraction of sp³-hybridized carbons (Fsp3) is 0.286. The second-order valence-electron chi connectivity index (χ2n) is 5.14. The lowest BCUT2D eigenvalue weighted by molar-refractivity contribution is 0.0995. The Bertz CT molecular complexity index is 802. The first-order chi connectivity index (χ1) is 10.5. The van der Waals surface area contributed by atoms with Crippen LogP contribution in [-0.2, 0) is 7.05 Å². The number of hydrogen-bond donors (Lipinski definition) is 1. The molecule has 0 fully saturated rings. The normalized spacial score (nSPS) is 11.1. The molecular weight excluding hydrogens is 302 g/mol. The van der Waals surface area contributed by atoms with Crippen molar-refractivity contribution in [2.45, 2.75) is 19.8 Å². The predicted octanol–water partition coefficient (Wildman–Crippen LogP) is 2.91. The molecular formula is C14H15N5O2S. The number of rotatable bonds is 4. The molecule has 0 aliphatic rings. The Morgan fingerprint density at radius 2 is 2.27 bits per heavy atom. The lowest BCUT2D eigenvalue weighted by Gasteiger charge is -2.04. The maximum atomic E-state index is 12.3. The van der Waals surface area contributed by atoms with Gasteiger partial charge in [-0.05, 0) is 12.0 Å². The number of hydrogen-bond acceptors (Lipinski definition) is 6. The quantitative estimate of drug-likeness (QED) is 0.799. The first-order valence-corrected chi connectivity index (χ1v) is 7.53. The van der Waals surface area contributed by atoms with Crippen molar-refractivity contribution < 1.29 is 9.21 Å². The van der Waals surface area contributed by atoms with Crippen molar-refractivity contribution >= 4 is 22.6 Å². The average Bonchev–Trinajstić information content (AvgIpc) is 3.16. The van der Waals surface area contributed by atoms with Crippen molar-refractivity contribution in [1.29, 1.82) is 0 Å². The van der Waals surface area contributed by atoms with Gasteiger partial charge in [0.05, 0.1) is 18.0 Å². The first kappa shape index (κ1) is 14.5. The van der Waals surface area contributed by atoms with Crippen LogP contribution in [0.5, 0.6) is 0 Å². The maximum absolute atomic E-state index is 12.3. The van der Waals surface area contributed by atoms with Gasteiger partial charge >= 0.3 is 0 Å². The predicted molar refractivity (Wildman–Crippen MR) is 82.9 cm³/mol. The number of carbonyl (C=O) groups is 1. The van der Waals surface area contributed by atoms with Crippen LogP contribution in [0.25, 0.3) is 11.4 Å². The van der Waals surface area contributed by atoms with Gasteiger partial charge in [-0.2, -0.15) is 14.5 Å². The standard InChI is InChI=1S/C14H15N5O2S/c1-8(2)10-4-5-21-11(10)13(20)17-14-16-12(18-22-14)9-6-15-19(3)7-9/h4-8H,1-3H3,(H,16,17,18,20). The fourth-order valence-electron chi connectivity index (χ4n) is 2.04. The van der Waals surface area contributed by atoms with Gasteiger partial charge in [0, 0.05) is 30.3 Å². The van der Waals surface area contributed by atoms with Gasteiger partial charge in [-0.25, -0.2) is 0 Å². The Kier molecular flexibility index (Phi) is 3.76. The van der Waals surface area contributed by atoms with Gasteiger partial charge < -0.3 is 4.42 Å². The van der Waals surface area contributed by atoms with Crippen molar-refractivity contribution in [3.8, 4) is 11.4 Å². The summed E-state index contributed by atoms with van der Waals surface area (Å²) in [6, 6.07) is 1.81. The fourth-order valence-corrected chi connectivity index (χ4v) is 2.63. The van der Waals surface area contributed by atoms with Gasteiger partial charge in [0.1, 0.15) is 0 Å². The van der Waals surface area contributed by atoms with Gasteiger partial charge in [0.2, 0.25) is 5.13 Å². The van der Waals surface area contributed by atoms with Crippen molar-refractivity contribution in [1.82, 2.24) is 19.1 Å². The van der Waals surface area contributed by atoms with Gasteiger partial charge in [-0.3, -0.25) is 14.8 Å². The van der Waals surface area contributed by atoms with Crippen LogP contribution in [0.3, 0.4) is 0 Å². The van der Waals surface area contributed by atoms with E-state index in [1.54, 1.807) is 16.9 Å². The van der Waals surface area contributed by atoms with E-state index in [1.807, 2.05) is 27.1 Å². The molecule has 0 unspecified atom stereocenters. The molecule has 1 N–H and O–H groups in total. The molecule has 0 spiro atoms. The zero-order chi connectivity index (χ0) is 15.7. The van der Waals surface area contributed by atoms with Crippen LogP contribution >= 0.6 is 11.5 Å². The zero-order valence-electron chi connectivity index (χ0n) is 12.4. The van der Waals surface area contributed by atoms with Crippen LogP contribution in [0, 0.1) is 0 Å². The van der Waals surface area contributed by atoms with Crippen LogP contribution in [0.2, 0.25) is 0 Å². The highest BCUT2D eigenvalue weighted by Crippen LogP contribution is 2.24. The molecule has 3 heterocycles. The molecule has 0 bridgehead atoms. The molecule has 3 rings (SSSR count). The largest absolute Gasteiger partial charge is 0.459 e. The third-order valence-corrected chi connectivity index (χ3v) is 3.76. The maximum Gasteiger partial charge on any atom is 0.293 e. The summed E-state index contributed by atoms with van der Waals surface area (Å²) in [4.78, 5) is 16.6. The van der Waals surface area contributed by atoms with E-state index < -0.39 is 0 Å². The second-order valence-corrected chi connectivity index (χ2v) is 5.89. The van der Waals surface area contributed by atoms with Gasteiger partial charge in [0.15, 0.2) is 11.6 Å². The van der Waals surface area contributed by atoms with Crippen molar-refractivity contribution in [2.75, 3.05) is 5.32 Å². The summed E-state index contributed by atoms with van der Waals surface area (Å²) in [5, 5.41) is 7.22. The molecule has 0 atom stereocenters. The summed E-state index contributed by atoms with van der Waals surface area (Å²) in [6.07, 6.45) is 5.01. The smallest absolute Gasteiger partial charge is 0.293 e. The van der Waals surface area contributed by atoms with E-state index in [0.717, 1.165) is 22.7 Å². The van der Waals surface area contributed by atoms with E-state index in [2.05, 4.69) is 19.8 Å². The number of nitrogens with zero attached hydrogens (tertiary/aromatic N) is 4. The summed E-state index contributed by atoms with van der Waals surface area (Å²) in [7, 11) is 1.82. The number of nitrogens with one attached hydrogen (secondary N) is 1. The van der Waals surface area contributed by atoms with E-state index in [4.69, 9.17) is 4.42 Å². The van der Waals surface area contributed by atoms with E-state index in [1.165, 1.54) is 6.26 Å². The molecule has 0 saturated heterocycles. The summed E-state index contributed by atoms with van der Waals surface area (Å²) < 4.78 is 11.2. The highest BCUT2D eigenvalue weighted by atomic mass is 32.1. The molecule has 0 aromatic carbocycles. The van der Waals surface area contributed by atoms with E-state index in [-0.39, 0.29) is 11.8 Å². The Labute approximate surface area is 131 Å². The van der Waals surface area contributed by atoms with Crippen LogP contribution in [0.15, 0.2) is 29.1 Å². The number of furan rings is 1. The summed E-state index contributed by atoms with van der Waals surface area (Å²) in [5.41, 5.74) is 1.68. The zero-order valence-corrected chi connectivity index (χ0v) is 13.2. The van der Waals surface area contributed by atoms with Crippen LogP contribution in [-0.4, -0.2) is 25.0 Å². The second kappa shape index (κ2) is 5.72. The number of carbonyl (C=O) groups excluding carboxylic acids is 1. The molecule has 8 heteroatoms. The molecule has 3 aromatic rings. The lowest BCUT2D eigenvalue weighted by atomic mass is 10.0. The third-order valence-electron chi connectivity index (χ3n) is 3.13. The Morgan fingerprint density at radius 3 is 2.95 bits per heavy atom.